The van der Waals surface area contributed by atoms with Crippen molar-refractivity contribution in [2.24, 2.45) is 0 Å². The van der Waals surface area contributed by atoms with Crippen LogP contribution >= 0.6 is 11.3 Å². The summed E-state index contributed by atoms with van der Waals surface area (Å²) in [5, 5.41) is 9.89. The summed E-state index contributed by atoms with van der Waals surface area (Å²) >= 11 is 1.08. The van der Waals surface area contributed by atoms with E-state index >= 15 is 0 Å². The number of nitrogens with zero attached hydrogens (tertiary/aromatic N) is 1. The number of hydrogen-bond acceptors (Lipinski definition) is 5. The number of H-pyrrole nitrogens is 1. The quantitative estimate of drug-likeness (QED) is 0.365. The van der Waals surface area contributed by atoms with Gasteiger partial charge in [-0.25, -0.2) is 0 Å². The second-order valence-corrected chi connectivity index (χ2v) is 9.75. The van der Waals surface area contributed by atoms with Gasteiger partial charge in [0.1, 0.15) is 12.4 Å². The van der Waals surface area contributed by atoms with Crippen LogP contribution in [0.5, 0.6) is 11.6 Å². The van der Waals surface area contributed by atoms with Gasteiger partial charge in [0, 0.05) is 25.2 Å². The minimum Gasteiger partial charge on any atom is -0.494 e. The van der Waals surface area contributed by atoms with Crippen LogP contribution in [0.3, 0.4) is 0 Å². The van der Waals surface area contributed by atoms with E-state index < -0.39 is 0 Å². The van der Waals surface area contributed by atoms with Crippen molar-refractivity contribution in [1.82, 2.24) is 4.98 Å². The molecule has 0 amide bonds. The molecule has 0 radical (unpaired) electrons. The van der Waals surface area contributed by atoms with E-state index in [1.165, 1.54) is 22.4 Å². The summed E-state index contributed by atoms with van der Waals surface area (Å²) in [5.74, 6) is 0.882. The Labute approximate surface area is 203 Å². The first-order valence-corrected chi connectivity index (χ1v) is 12.5. The highest BCUT2D eigenvalue weighted by atomic mass is 32.1. The molecule has 0 atom stereocenters. The van der Waals surface area contributed by atoms with Crippen LogP contribution in [0, 0.1) is 0 Å². The predicted molar refractivity (Wildman–Crippen MR) is 137 cm³/mol. The van der Waals surface area contributed by atoms with E-state index in [1.54, 1.807) is 0 Å². The summed E-state index contributed by atoms with van der Waals surface area (Å²) in [6.45, 7) is 2.61. The van der Waals surface area contributed by atoms with Crippen molar-refractivity contribution in [3.8, 4) is 11.6 Å². The van der Waals surface area contributed by atoms with Crippen LogP contribution in [0.1, 0.15) is 33.6 Å². The number of thiazole rings is 1. The van der Waals surface area contributed by atoms with Crippen LogP contribution in [-0.2, 0) is 25.9 Å². The Balaban J connectivity index is 1.19. The van der Waals surface area contributed by atoms with Crippen LogP contribution in [0.2, 0.25) is 0 Å². The van der Waals surface area contributed by atoms with Crippen LogP contribution in [0.15, 0.2) is 77.6 Å². The lowest BCUT2D eigenvalue weighted by Gasteiger charge is -2.32. The van der Waals surface area contributed by atoms with Gasteiger partial charge in [-0.05, 0) is 59.7 Å². The maximum absolute atomic E-state index is 11.5. The standard InChI is InChI=1S/C28H28N2O3S/c31-27-26(34-28(32)29-27)18-22-10-13-25-23(17-22)7-4-15-30(25)16-14-20-8-11-24(12-9-20)33-19-21-5-2-1-3-6-21/h1-3,5-6,8-13,17,31H,4,7,14-16,18-19H2,(H,29,32). The van der Waals surface area contributed by atoms with Gasteiger partial charge in [-0.15, -0.1) is 0 Å². The van der Waals surface area contributed by atoms with E-state index in [-0.39, 0.29) is 10.8 Å². The van der Waals surface area contributed by atoms with Crippen molar-refractivity contribution in [1.29, 1.82) is 0 Å². The van der Waals surface area contributed by atoms with E-state index in [2.05, 4.69) is 64.5 Å². The molecule has 0 fully saturated rings. The molecule has 6 heteroatoms. The molecular formula is C28H28N2O3S. The van der Waals surface area contributed by atoms with Gasteiger partial charge in [-0.2, -0.15) is 0 Å². The molecule has 1 aliphatic rings. The molecule has 34 heavy (non-hydrogen) atoms. The molecule has 5 rings (SSSR count). The van der Waals surface area contributed by atoms with E-state index in [0.717, 1.165) is 55.0 Å². The zero-order valence-corrected chi connectivity index (χ0v) is 19.8. The molecular weight excluding hydrogens is 444 g/mol. The van der Waals surface area contributed by atoms with Crippen LogP contribution in [0.25, 0.3) is 0 Å². The Morgan fingerprint density at radius 1 is 0.971 bits per heavy atom. The number of nitrogens with one attached hydrogen (secondary N) is 1. The summed E-state index contributed by atoms with van der Waals surface area (Å²) in [6, 6.07) is 25.2. The van der Waals surface area contributed by atoms with Crippen molar-refractivity contribution >= 4 is 17.0 Å². The Bertz CT molecular complexity index is 1300. The maximum Gasteiger partial charge on any atom is 0.307 e. The lowest BCUT2D eigenvalue weighted by atomic mass is 9.97. The molecule has 0 bridgehead atoms. The normalized spacial score (nSPS) is 13.0. The number of aromatic amines is 1. The minimum atomic E-state index is -0.215. The molecule has 0 saturated carbocycles. The lowest BCUT2D eigenvalue weighted by Crippen LogP contribution is -2.31. The third-order valence-electron chi connectivity index (χ3n) is 6.27. The monoisotopic (exact) mass is 472 g/mol. The van der Waals surface area contributed by atoms with Crippen LogP contribution in [0.4, 0.5) is 5.69 Å². The first kappa shape index (κ1) is 22.3. The SMILES string of the molecule is O=c1[nH]c(O)c(Cc2ccc3c(c2)CCCN3CCc2ccc(OCc3ccccc3)cc2)s1. The molecule has 0 unspecified atom stereocenters. The molecule has 3 aromatic carbocycles. The first-order valence-electron chi connectivity index (χ1n) is 11.7. The summed E-state index contributed by atoms with van der Waals surface area (Å²) in [6.07, 6.45) is 3.74. The van der Waals surface area contributed by atoms with Crippen LogP contribution in [-0.4, -0.2) is 23.2 Å². The van der Waals surface area contributed by atoms with Crippen molar-refractivity contribution in [2.45, 2.75) is 32.3 Å². The van der Waals surface area contributed by atoms with E-state index in [4.69, 9.17) is 4.74 Å². The smallest absolute Gasteiger partial charge is 0.307 e. The number of aromatic nitrogens is 1. The summed E-state index contributed by atoms with van der Waals surface area (Å²) in [7, 11) is 0. The number of hydrogen-bond donors (Lipinski definition) is 2. The van der Waals surface area contributed by atoms with Crippen molar-refractivity contribution < 1.29 is 9.84 Å². The zero-order chi connectivity index (χ0) is 23.3. The number of anilines is 1. The third kappa shape index (κ3) is 5.34. The minimum absolute atomic E-state index is 0.00849. The second kappa shape index (κ2) is 10.2. The molecule has 5 nitrogen and oxygen atoms in total. The Morgan fingerprint density at radius 2 is 1.76 bits per heavy atom. The van der Waals surface area contributed by atoms with E-state index in [0.29, 0.717) is 17.9 Å². The molecule has 2 N–H and O–H groups in total. The molecule has 4 aromatic rings. The number of fused-ring (bicyclic) bond motifs is 1. The third-order valence-corrected chi connectivity index (χ3v) is 7.14. The first-order chi connectivity index (χ1) is 16.6. The fraction of sp³-hybridized carbons (Fsp3) is 0.250. The van der Waals surface area contributed by atoms with Gasteiger partial charge in [0.05, 0.1) is 4.88 Å². The fourth-order valence-corrected chi connectivity index (χ4v) is 5.24. The molecule has 0 saturated heterocycles. The average Bonchev–Trinajstić information content (AvgIpc) is 3.18. The highest BCUT2D eigenvalue weighted by Crippen LogP contribution is 2.30. The zero-order valence-electron chi connectivity index (χ0n) is 19.0. The number of aromatic hydroxyl groups is 1. The molecule has 0 spiro atoms. The number of aryl methyl sites for hydroxylation is 1. The predicted octanol–water partition coefficient (Wildman–Crippen LogP) is 5.31. The van der Waals surface area contributed by atoms with Gasteiger partial charge >= 0.3 is 4.87 Å². The van der Waals surface area contributed by atoms with Gasteiger partial charge in [0.15, 0.2) is 0 Å². The van der Waals surface area contributed by atoms with Gasteiger partial charge in [-0.3, -0.25) is 9.78 Å². The highest BCUT2D eigenvalue weighted by Gasteiger charge is 2.18. The Kier molecular flexibility index (Phi) is 6.67. The lowest BCUT2D eigenvalue weighted by molar-refractivity contribution is 0.306. The summed E-state index contributed by atoms with van der Waals surface area (Å²) in [5.41, 5.74) is 6.23. The maximum atomic E-state index is 11.5. The average molecular weight is 473 g/mol. The molecule has 1 aromatic heterocycles. The van der Waals surface area contributed by atoms with Gasteiger partial charge < -0.3 is 14.7 Å². The Morgan fingerprint density at radius 3 is 2.53 bits per heavy atom. The Hall–Kier alpha value is -3.51. The highest BCUT2D eigenvalue weighted by molar-refractivity contribution is 7.09. The van der Waals surface area contributed by atoms with Gasteiger partial charge in [-0.1, -0.05) is 65.9 Å². The van der Waals surface area contributed by atoms with Crippen molar-refractivity contribution in [3.63, 3.8) is 0 Å². The number of rotatable bonds is 8. The number of ether oxygens (including phenoxy) is 1. The molecule has 2 heterocycles. The number of benzene rings is 3. The molecule has 174 valence electrons. The largest absolute Gasteiger partial charge is 0.494 e. The van der Waals surface area contributed by atoms with E-state index in [9.17, 15) is 9.90 Å². The fourth-order valence-electron chi connectivity index (χ4n) is 4.49. The van der Waals surface area contributed by atoms with Crippen LogP contribution < -0.4 is 14.5 Å². The molecule has 1 aliphatic heterocycles. The van der Waals surface area contributed by atoms with Crippen molar-refractivity contribution in [2.75, 3.05) is 18.0 Å². The van der Waals surface area contributed by atoms with Gasteiger partial charge in [0.2, 0.25) is 5.88 Å². The second-order valence-electron chi connectivity index (χ2n) is 8.68. The summed E-state index contributed by atoms with van der Waals surface area (Å²) in [4.78, 5) is 16.9. The van der Waals surface area contributed by atoms with Crippen molar-refractivity contribution in [3.05, 3.63) is 110 Å². The van der Waals surface area contributed by atoms with Gasteiger partial charge in [0.25, 0.3) is 0 Å². The topological polar surface area (TPSA) is 65.6 Å². The molecule has 0 aliphatic carbocycles. The summed E-state index contributed by atoms with van der Waals surface area (Å²) < 4.78 is 5.91. The van der Waals surface area contributed by atoms with E-state index in [1.807, 2.05) is 18.2 Å².